The molecule has 0 fully saturated rings. The second kappa shape index (κ2) is 7.04. The van der Waals surface area contributed by atoms with E-state index in [9.17, 15) is 9.59 Å². The quantitative estimate of drug-likeness (QED) is 0.838. The number of carbonyl (C=O) groups excluding carboxylic acids is 2. The molecular weight excluding hydrogens is 332 g/mol. The van der Waals surface area contributed by atoms with Gasteiger partial charge in [0, 0.05) is 10.2 Å². The number of carbonyl (C=O) groups is 2. The lowest BCUT2D eigenvalue weighted by molar-refractivity contribution is -0.136. The van der Waals surface area contributed by atoms with Gasteiger partial charge in [-0.1, -0.05) is 52.3 Å². The summed E-state index contributed by atoms with van der Waals surface area (Å²) in [7, 11) is 0. The first-order chi connectivity index (χ1) is 10.1. The molecule has 0 bridgehead atoms. The molecule has 0 spiro atoms. The highest BCUT2D eigenvalue weighted by atomic mass is 79.9. The zero-order chi connectivity index (χ0) is 15.2. The second-order valence-electron chi connectivity index (χ2n) is 4.57. The molecule has 0 saturated heterocycles. The minimum Gasteiger partial charge on any atom is -0.341 e. The first-order valence-electron chi connectivity index (χ1n) is 6.48. The summed E-state index contributed by atoms with van der Waals surface area (Å²) in [5.41, 5.74) is 1.51. The van der Waals surface area contributed by atoms with Gasteiger partial charge in [0.2, 0.25) is 0 Å². The summed E-state index contributed by atoms with van der Waals surface area (Å²) in [5, 5.41) is 5.23. The van der Waals surface area contributed by atoms with Crippen LogP contribution < -0.4 is 10.6 Å². The molecule has 0 aliphatic heterocycles. The number of hydrogen-bond acceptors (Lipinski definition) is 2. The van der Waals surface area contributed by atoms with Crippen molar-refractivity contribution in [2.45, 2.75) is 13.0 Å². The van der Waals surface area contributed by atoms with Gasteiger partial charge in [0.15, 0.2) is 0 Å². The summed E-state index contributed by atoms with van der Waals surface area (Å²) < 4.78 is 0.832. The summed E-state index contributed by atoms with van der Waals surface area (Å²) in [6, 6.07) is 16.3. The maximum atomic E-state index is 11.9. The molecule has 108 valence electrons. The first-order valence-corrected chi connectivity index (χ1v) is 7.28. The number of halogens is 1. The highest BCUT2D eigenvalue weighted by Crippen LogP contribution is 2.16. The SMILES string of the molecule is C[C@@H](NC(=O)C(=O)Nc1cccc(Br)c1)c1ccccc1. The van der Waals surface area contributed by atoms with Gasteiger partial charge in [-0.3, -0.25) is 9.59 Å². The molecule has 0 heterocycles. The normalized spacial score (nSPS) is 11.5. The van der Waals surface area contributed by atoms with Gasteiger partial charge in [0.05, 0.1) is 6.04 Å². The van der Waals surface area contributed by atoms with E-state index in [0.717, 1.165) is 10.0 Å². The van der Waals surface area contributed by atoms with Crippen LogP contribution in [-0.4, -0.2) is 11.8 Å². The Labute approximate surface area is 131 Å². The Morgan fingerprint density at radius 2 is 1.71 bits per heavy atom. The van der Waals surface area contributed by atoms with E-state index in [2.05, 4.69) is 26.6 Å². The molecule has 0 aliphatic rings. The summed E-state index contributed by atoms with van der Waals surface area (Å²) in [4.78, 5) is 23.7. The van der Waals surface area contributed by atoms with Crippen molar-refractivity contribution < 1.29 is 9.59 Å². The highest BCUT2D eigenvalue weighted by Gasteiger charge is 2.17. The lowest BCUT2D eigenvalue weighted by atomic mass is 10.1. The molecule has 0 saturated carbocycles. The minimum atomic E-state index is -0.684. The van der Waals surface area contributed by atoms with Crippen LogP contribution in [0.2, 0.25) is 0 Å². The third kappa shape index (κ3) is 4.43. The van der Waals surface area contributed by atoms with E-state index in [0.29, 0.717) is 5.69 Å². The van der Waals surface area contributed by atoms with Crippen LogP contribution >= 0.6 is 15.9 Å². The third-order valence-corrected chi connectivity index (χ3v) is 3.43. The van der Waals surface area contributed by atoms with Crippen LogP contribution in [0.4, 0.5) is 5.69 Å². The van der Waals surface area contributed by atoms with Crippen molar-refractivity contribution in [1.29, 1.82) is 0 Å². The molecule has 21 heavy (non-hydrogen) atoms. The number of nitrogens with one attached hydrogen (secondary N) is 2. The molecule has 5 heteroatoms. The molecular formula is C16H15BrN2O2. The van der Waals surface area contributed by atoms with E-state index in [1.807, 2.05) is 43.3 Å². The van der Waals surface area contributed by atoms with Crippen molar-refractivity contribution in [2.75, 3.05) is 5.32 Å². The number of amides is 2. The molecule has 2 amide bonds. The molecule has 0 radical (unpaired) electrons. The van der Waals surface area contributed by atoms with Crippen molar-refractivity contribution in [3.8, 4) is 0 Å². The van der Waals surface area contributed by atoms with Crippen LogP contribution in [0.1, 0.15) is 18.5 Å². The van der Waals surface area contributed by atoms with Gasteiger partial charge in [0.1, 0.15) is 0 Å². The van der Waals surface area contributed by atoms with Crippen LogP contribution in [0, 0.1) is 0 Å². The van der Waals surface area contributed by atoms with Crippen LogP contribution in [0.3, 0.4) is 0 Å². The van der Waals surface area contributed by atoms with E-state index >= 15 is 0 Å². The van der Waals surface area contributed by atoms with Gasteiger partial charge >= 0.3 is 11.8 Å². The Hall–Kier alpha value is -2.14. The second-order valence-corrected chi connectivity index (χ2v) is 5.49. The molecule has 2 aromatic rings. The molecule has 2 N–H and O–H groups in total. The predicted octanol–water partition coefficient (Wildman–Crippen LogP) is 3.27. The smallest absolute Gasteiger partial charge is 0.313 e. The van der Waals surface area contributed by atoms with Crippen molar-refractivity contribution in [1.82, 2.24) is 5.32 Å². The lowest BCUT2D eigenvalue weighted by Crippen LogP contribution is -2.36. The van der Waals surface area contributed by atoms with E-state index in [4.69, 9.17) is 0 Å². The molecule has 0 aromatic heterocycles. The fourth-order valence-electron chi connectivity index (χ4n) is 1.84. The maximum Gasteiger partial charge on any atom is 0.313 e. The van der Waals surface area contributed by atoms with E-state index in [1.54, 1.807) is 18.2 Å². The average Bonchev–Trinajstić information content (AvgIpc) is 2.48. The number of benzene rings is 2. The monoisotopic (exact) mass is 346 g/mol. The van der Waals surface area contributed by atoms with Crippen molar-refractivity contribution in [2.24, 2.45) is 0 Å². The fourth-order valence-corrected chi connectivity index (χ4v) is 2.24. The Bertz CT molecular complexity index is 644. The summed E-state index contributed by atoms with van der Waals surface area (Å²) in [5.74, 6) is -1.35. The minimum absolute atomic E-state index is 0.230. The van der Waals surface area contributed by atoms with Gasteiger partial charge in [-0.05, 0) is 30.7 Å². The summed E-state index contributed by atoms with van der Waals surface area (Å²) in [6.07, 6.45) is 0. The van der Waals surface area contributed by atoms with Gasteiger partial charge < -0.3 is 10.6 Å². The van der Waals surface area contributed by atoms with Crippen molar-refractivity contribution in [3.05, 3.63) is 64.6 Å². The average molecular weight is 347 g/mol. The van der Waals surface area contributed by atoms with Crippen LogP contribution in [0.25, 0.3) is 0 Å². The first kappa shape index (κ1) is 15.3. The molecule has 4 nitrogen and oxygen atoms in total. The Morgan fingerprint density at radius 1 is 1.00 bits per heavy atom. The van der Waals surface area contributed by atoms with Gasteiger partial charge in [0.25, 0.3) is 0 Å². The molecule has 2 rings (SSSR count). The summed E-state index contributed by atoms with van der Waals surface area (Å²) >= 11 is 3.31. The largest absolute Gasteiger partial charge is 0.341 e. The fraction of sp³-hybridized carbons (Fsp3) is 0.125. The molecule has 0 unspecified atom stereocenters. The van der Waals surface area contributed by atoms with Crippen LogP contribution in [-0.2, 0) is 9.59 Å². The van der Waals surface area contributed by atoms with Gasteiger partial charge in [-0.25, -0.2) is 0 Å². The lowest BCUT2D eigenvalue weighted by Gasteiger charge is -2.14. The van der Waals surface area contributed by atoms with Gasteiger partial charge in [-0.15, -0.1) is 0 Å². The van der Waals surface area contributed by atoms with Crippen LogP contribution in [0.5, 0.6) is 0 Å². The topological polar surface area (TPSA) is 58.2 Å². The number of anilines is 1. The van der Waals surface area contributed by atoms with E-state index in [-0.39, 0.29) is 6.04 Å². The number of hydrogen-bond donors (Lipinski definition) is 2. The third-order valence-electron chi connectivity index (χ3n) is 2.94. The Morgan fingerprint density at radius 3 is 2.38 bits per heavy atom. The molecule has 1 atom stereocenters. The highest BCUT2D eigenvalue weighted by molar-refractivity contribution is 9.10. The maximum absolute atomic E-state index is 11.9. The molecule has 0 aliphatic carbocycles. The van der Waals surface area contributed by atoms with Crippen molar-refractivity contribution in [3.63, 3.8) is 0 Å². The summed E-state index contributed by atoms with van der Waals surface area (Å²) in [6.45, 7) is 1.83. The standard InChI is InChI=1S/C16H15BrN2O2/c1-11(12-6-3-2-4-7-12)18-15(20)16(21)19-14-9-5-8-13(17)10-14/h2-11H,1H3,(H,18,20)(H,19,21)/t11-/m1/s1. The Balaban J connectivity index is 1.95. The van der Waals surface area contributed by atoms with Gasteiger partial charge in [-0.2, -0.15) is 0 Å². The van der Waals surface area contributed by atoms with E-state index < -0.39 is 11.8 Å². The zero-order valence-electron chi connectivity index (χ0n) is 11.5. The van der Waals surface area contributed by atoms with E-state index in [1.165, 1.54) is 0 Å². The zero-order valence-corrected chi connectivity index (χ0v) is 13.1. The number of rotatable bonds is 3. The Kier molecular flexibility index (Phi) is 5.11. The predicted molar refractivity (Wildman–Crippen MR) is 85.8 cm³/mol. The van der Waals surface area contributed by atoms with Crippen LogP contribution in [0.15, 0.2) is 59.1 Å². The molecule has 2 aromatic carbocycles. The van der Waals surface area contributed by atoms with Crippen molar-refractivity contribution >= 4 is 33.4 Å².